The van der Waals surface area contributed by atoms with Gasteiger partial charge in [0, 0.05) is 11.3 Å². The number of aliphatic carboxylic acids is 1. The second-order valence-electron chi connectivity index (χ2n) is 4.48. The number of nitrogens with one attached hydrogen (secondary N) is 2. The molecule has 5 nitrogen and oxygen atoms in total. The van der Waals surface area contributed by atoms with Gasteiger partial charge < -0.3 is 15.7 Å². The van der Waals surface area contributed by atoms with Crippen molar-refractivity contribution in [1.29, 1.82) is 0 Å². The Morgan fingerprint density at radius 1 is 1.41 bits per heavy atom. The van der Waals surface area contributed by atoms with Crippen LogP contribution in [0.25, 0.3) is 0 Å². The Morgan fingerprint density at radius 3 is 2.47 bits per heavy atom. The van der Waals surface area contributed by atoms with Crippen molar-refractivity contribution in [2.45, 2.75) is 43.4 Å². The molecule has 3 N–H and O–H groups in total. The highest BCUT2D eigenvalue weighted by atomic mass is 32.2. The molecule has 0 aromatic heterocycles. The number of hydrogen-bond donors (Lipinski definition) is 3. The van der Waals surface area contributed by atoms with E-state index in [2.05, 4.69) is 16.9 Å². The van der Waals surface area contributed by atoms with E-state index in [0.717, 1.165) is 12.8 Å². The van der Waals surface area contributed by atoms with Crippen LogP contribution in [-0.4, -0.2) is 40.7 Å². The van der Waals surface area contributed by atoms with Crippen LogP contribution in [0.2, 0.25) is 0 Å². The van der Waals surface area contributed by atoms with Gasteiger partial charge in [0.05, 0.1) is 0 Å². The van der Waals surface area contributed by atoms with Gasteiger partial charge in [0.2, 0.25) is 0 Å². The molecule has 1 saturated carbocycles. The molecule has 0 radical (unpaired) electrons. The largest absolute Gasteiger partial charge is 0.480 e. The molecule has 0 aliphatic heterocycles. The number of thioether (sulfide) groups is 1. The molecule has 17 heavy (non-hydrogen) atoms. The second kappa shape index (κ2) is 6.14. The number of urea groups is 1. The fourth-order valence-corrected chi connectivity index (χ4v) is 2.94. The SMILES string of the molecule is CSC1(CNC(=O)N[C@H](C)C(=O)O)CCCC1. The average Bonchev–Trinajstić information content (AvgIpc) is 2.75. The lowest BCUT2D eigenvalue weighted by Crippen LogP contribution is -2.48. The first-order chi connectivity index (χ1) is 7.99. The normalized spacial score (nSPS) is 19.6. The van der Waals surface area contributed by atoms with E-state index in [-0.39, 0.29) is 4.75 Å². The van der Waals surface area contributed by atoms with E-state index in [4.69, 9.17) is 5.11 Å². The van der Waals surface area contributed by atoms with Crippen LogP contribution >= 0.6 is 11.8 Å². The minimum Gasteiger partial charge on any atom is -0.480 e. The molecule has 0 aromatic rings. The summed E-state index contributed by atoms with van der Waals surface area (Å²) in [5, 5.41) is 13.8. The summed E-state index contributed by atoms with van der Waals surface area (Å²) >= 11 is 1.79. The lowest BCUT2D eigenvalue weighted by Gasteiger charge is -2.27. The quantitative estimate of drug-likeness (QED) is 0.699. The van der Waals surface area contributed by atoms with E-state index in [1.54, 1.807) is 11.8 Å². The molecule has 1 rings (SSSR count). The molecule has 1 aliphatic rings. The van der Waals surface area contributed by atoms with Gasteiger partial charge in [0.15, 0.2) is 0 Å². The van der Waals surface area contributed by atoms with Crippen molar-refractivity contribution >= 4 is 23.8 Å². The highest BCUT2D eigenvalue weighted by molar-refractivity contribution is 8.00. The summed E-state index contributed by atoms with van der Waals surface area (Å²) in [7, 11) is 0. The van der Waals surface area contributed by atoms with Gasteiger partial charge in [-0.1, -0.05) is 12.8 Å². The van der Waals surface area contributed by atoms with Gasteiger partial charge in [-0.15, -0.1) is 0 Å². The predicted molar refractivity (Wildman–Crippen MR) is 68.3 cm³/mol. The molecule has 0 unspecified atom stereocenters. The van der Waals surface area contributed by atoms with Crippen molar-refractivity contribution in [3.8, 4) is 0 Å². The molecule has 0 saturated heterocycles. The van der Waals surface area contributed by atoms with Crippen LogP contribution in [0, 0.1) is 0 Å². The first kappa shape index (κ1) is 14.2. The van der Waals surface area contributed by atoms with Crippen LogP contribution in [-0.2, 0) is 4.79 Å². The average molecular weight is 260 g/mol. The molecule has 0 heterocycles. The molecule has 6 heteroatoms. The molecular weight excluding hydrogens is 240 g/mol. The van der Waals surface area contributed by atoms with Crippen LogP contribution < -0.4 is 10.6 Å². The third kappa shape index (κ3) is 4.11. The zero-order valence-electron chi connectivity index (χ0n) is 10.3. The monoisotopic (exact) mass is 260 g/mol. The predicted octanol–water partition coefficient (Wildman–Crippen LogP) is 1.43. The van der Waals surface area contributed by atoms with Crippen molar-refractivity contribution in [1.82, 2.24) is 10.6 Å². The number of hydrogen-bond acceptors (Lipinski definition) is 3. The number of carboxylic acid groups (broad SMARTS) is 1. The second-order valence-corrected chi connectivity index (χ2v) is 5.76. The summed E-state index contributed by atoms with van der Waals surface area (Å²) in [4.78, 5) is 22.0. The lowest BCUT2D eigenvalue weighted by atomic mass is 10.1. The number of carbonyl (C=O) groups is 2. The third-order valence-electron chi connectivity index (χ3n) is 3.24. The van der Waals surface area contributed by atoms with Gasteiger partial charge in [-0.05, 0) is 26.0 Å². The van der Waals surface area contributed by atoms with Crippen LogP contribution in [0.4, 0.5) is 4.79 Å². The van der Waals surface area contributed by atoms with Crippen molar-refractivity contribution in [2.75, 3.05) is 12.8 Å². The van der Waals surface area contributed by atoms with E-state index in [1.807, 2.05) is 0 Å². The number of rotatable bonds is 5. The first-order valence-corrected chi connectivity index (χ1v) is 7.04. The molecule has 2 amide bonds. The summed E-state index contributed by atoms with van der Waals surface area (Å²) in [6.45, 7) is 2.05. The van der Waals surface area contributed by atoms with Crippen LogP contribution in [0.1, 0.15) is 32.6 Å². The maximum absolute atomic E-state index is 11.5. The number of carbonyl (C=O) groups excluding carboxylic acids is 1. The van der Waals surface area contributed by atoms with E-state index in [1.165, 1.54) is 19.8 Å². The first-order valence-electron chi connectivity index (χ1n) is 5.81. The maximum Gasteiger partial charge on any atom is 0.325 e. The maximum atomic E-state index is 11.5. The van der Waals surface area contributed by atoms with E-state index < -0.39 is 18.0 Å². The molecule has 1 atom stereocenters. The zero-order valence-corrected chi connectivity index (χ0v) is 11.1. The Bertz CT molecular complexity index is 290. The van der Waals surface area contributed by atoms with Gasteiger partial charge >= 0.3 is 12.0 Å². The number of carboxylic acids is 1. The van der Waals surface area contributed by atoms with E-state index >= 15 is 0 Å². The van der Waals surface area contributed by atoms with Crippen LogP contribution in [0.15, 0.2) is 0 Å². The minimum absolute atomic E-state index is 0.143. The van der Waals surface area contributed by atoms with E-state index in [9.17, 15) is 9.59 Å². The fraction of sp³-hybridized carbons (Fsp3) is 0.818. The molecule has 98 valence electrons. The third-order valence-corrected chi connectivity index (χ3v) is 4.66. The van der Waals surface area contributed by atoms with Crippen molar-refractivity contribution in [3.05, 3.63) is 0 Å². The standard InChI is InChI=1S/C11H20N2O3S/c1-8(9(14)15)13-10(16)12-7-11(17-2)5-3-4-6-11/h8H,3-7H2,1-2H3,(H,14,15)(H2,12,13,16)/t8-/m1/s1. The molecular formula is C11H20N2O3S. The summed E-state index contributed by atoms with van der Waals surface area (Å²) in [6, 6.07) is -1.26. The van der Waals surface area contributed by atoms with Crippen molar-refractivity contribution in [2.24, 2.45) is 0 Å². The van der Waals surface area contributed by atoms with Gasteiger partial charge in [-0.25, -0.2) is 4.79 Å². The lowest BCUT2D eigenvalue weighted by molar-refractivity contribution is -0.138. The highest BCUT2D eigenvalue weighted by Crippen LogP contribution is 2.39. The summed E-state index contributed by atoms with van der Waals surface area (Å²) < 4.78 is 0.143. The minimum atomic E-state index is -1.03. The Balaban J connectivity index is 2.34. The zero-order chi connectivity index (χ0) is 12.9. The fourth-order valence-electron chi connectivity index (χ4n) is 2.02. The van der Waals surface area contributed by atoms with Crippen LogP contribution in [0.5, 0.6) is 0 Å². The van der Waals surface area contributed by atoms with Gasteiger partial charge in [0.25, 0.3) is 0 Å². The highest BCUT2D eigenvalue weighted by Gasteiger charge is 2.33. The Morgan fingerprint density at radius 2 is 2.00 bits per heavy atom. The summed E-state index contributed by atoms with van der Waals surface area (Å²) in [5.74, 6) is -1.03. The smallest absolute Gasteiger partial charge is 0.325 e. The van der Waals surface area contributed by atoms with Crippen molar-refractivity contribution in [3.63, 3.8) is 0 Å². The Kier molecular flexibility index (Phi) is 5.11. The molecule has 0 spiro atoms. The van der Waals surface area contributed by atoms with Gasteiger partial charge in [-0.2, -0.15) is 11.8 Å². The number of amides is 2. The Hall–Kier alpha value is -0.910. The summed E-state index contributed by atoms with van der Waals surface area (Å²) in [5.41, 5.74) is 0. The van der Waals surface area contributed by atoms with Gasteiger partial charge in [0.1, 0.15) is 6.04 Å². The van der Waals surface area contributed by atoms with Crippen LogP contribution in [0.3, 0.4) is 0 Å². The topological polar surface area (TPSA) is 78.4 Å². The van der Waals surface area contributed by atoms with Gasteiger partial charge in [-0.3, -0.25) is 4.79 Å². The summed E-state index contributed by atoms with van der Waals surface area (Å²) in [6.07, 6.45) is 6.70. The molecule has 1 aliphatic carbocycles. The molecule has 1 fully saturated rings. The molecule has 0 bridgehead atoms. The Labute approximate surface area is 106 Å². The molecule has 0 aromatic carbocycles. The van der Waals surface area contributed by atoms with Crippen molar-refractivity contribution < 1.29 is 14.7 Å². The van der Waals surface area contributed by atoms with E-state index in [0.29, 0.717) is 6.54 Å².